The SMILES string of the molecule is CCCC1CC1NC(=NCC)NC1CCN(C(=O)CC)C1. The first-order valence-electron chi connectivity index (χ1n) is 8.53. The number of carbonyl (C=O) groups excluding carboxylic acids is 1. The lowest BCUT2D eigenvalue weighted by Crippen LogP contribution is -2.46. The van der Waals surface area contributed by atoms with Gasteiger partial charge in [0.2, 0.25) is 5.91 Å². The van der Waals surface area contributed by atoms with Gasteiger partial charge < -0.3 is 15.5 Å². The zero-order chi connectivity index (χ0) is 15.2. The van der Waals surface area contributed by atoms with Crippen molar-refractivity contribution in [2.75, 3.05) is 19.6 Å². The van der Waals surface area contributed by atoms with Gasteiger partial charge in [-0.05, 0) is 32.1 Å². The third-order valence-corrected chi connectivity index (χ3v) is 4.40. The summed E-state index contributed by atoms with van der Waals surface area (Å²) in [6.07, 6.45) is 5.44. The molecule has 5 nitrogen and oxygen atoms in total. The molecule has 1 saturated heterocycles. The van der Waals surface area contributed by atoms with Crippen molar-refractivity contribution in [3.63, 3.8) is 0 Å². The zero-order valence-electron chi connectivity index (χ0n) is 13.7. The molecule has 1 aliphatic heterocycles. The largest absolute Gasteiger partial charge is 0.353 e. The topological polar surface area (TPSA) is 56.7 Å². The molecule has 3 unspecified atom stereocenters. The smallest absolute Gasteiger partial charge is 0.222 e. The summed E-state index contributed by atoms with van der Waals surface area (Å²) in [6.45, 7) is 8.68. The van der Waals surface area contributed by atoms with Gasteiger partial charge in [0, 0.05) is 38.1 Å². The molecule has 5 heteroatoms. The number of nitrogens with one attached hydrogen (secondary N) is 2. The average Bonchev–Trinajstić information content (AvgIpc) is 3.01. The van der Waals surface area contributed by atoms with Gasteiger partial charge in [-0.25, -0.2) is 0 Å². The monoisotopic (exact) mass is 294 g/mol. The highest BCUT2D eigenvalue weighted by atomic mass is 16.2. The number of nitrogens with zero attached hydrogens (tertiary/aromatic N) is 2. The second-order valence-electron chi connectivity index (χ2n) is 6.18. The van der Waals surface area contributed by atoms with Gasteiger partial charge in [0.15, 0.2) is 5.96 Å². The highest BCUT2D eigenvalue weighted by molar-refractivity contribution is 5.81. The number of amides is 1. The van der Waals surface area contributed by atoms with Crippen LogP contribution in [0.4, 0.5) is 0 Å². The number of likely N-dealkylation sites (tertiary alicyclic amines) is 1. The van der Waals surface area contributed by atoms with Crippen molar-refractivity contribution >= 4 is 11.9 Å². The number of guanidine groups is 1. The van der Waals surface area contributed by atoms with E-state index in [1.807, 2.05) is 11.8 Å². The standard InChI is InChI=1S/C16H30N4O/c1-4-7-12-10-14(12)19-16(17-6-3)18-13-8-9-20(11-13)15(21)5-2/h12-14H,4-11H2,1-3H3,(H2,17,18,19). The predicted octanol–water partition coefficient (Wildman–Crippen LogP) is 1.74. The number of aliphatic imine (C=N–C) groups is 1. The van der Waals surface area contributed by atoms with Crippen LogP contribution in [0.25, 0.3) is 0 Å². The van der Waals surface area contributed by atoms with Crippen LogP contribution in [0.5, 0.6) is 0 Å². The van der Waals surface area contributed by atoms with Crippen LogP contribution in [0.1, 0.15) is 52.9 Å². The van der Waals surface area contributed by atoms with Gasteiger partial charge >= 0.3 is 0 Å². The van der Waals surface area contributed by atoms with E-state index >= 15 is 0 Å². The van der Waals surface area contributed by atoms with Crippen molar-refractivity contribution in [2.24, 2.45) is 10.9 Å². The lowest BCUT2D eigenvalue weighted by molar-refractivity contribution is -0.129. The molecule has 120 valence electrons. The van der Waals surface area contributed by atoms with Gasteiger partial charge in [0.1, 0.15) is 0 Å². The van der Waals surface area contributed by atoms with E-state index in [1.165, 1.54) is 19.3 Å². The fraction of sp³-hybridized carbons (Fsp3) is 0.875. The van der Waals surface area contributed by atoms with E-state index in [9.17, 15) is 4.79 Å². The molecule has 0 aromatic rings. The first-order valence-corrected chi connectivity index (χ1v) is 8.53. The number of hydrogen-bond donors (Lipinski definition) is 2. The normalized spacial score (nSPS) is 28.6. The van der Waals surface area contributed by atoms with Crippen molar-refractivity contribution in [3.05, 3.63) is 0 Å². The zero-order valence-corrected chi connectivity index (χ0v) is 13.7. The Bertz CT molecular complexity index is 382. The molecule has 0 spiro atoms. The quantitative estimate of drug-likeness (QED) is 0.579. The minimum Gasteiger partial charge on any atom is -0.353 e. The molecule has 0 bridgehead atoms. The molecule has 0 radical (unpaired) electrons. The van der Waals surface area contributed by atoms with Gasteiger partial charge in [-0.15, -0.1) is 0 Å². The molecule has 1 amide bonds. The molecule has 2 rings (SSSR count). The van der Waals surface area contributed by atoms with Gasteiger partial charge in [-0.3, -0.25) is 9.79 Å². The second kappa shape index (κ2) is 7.66. The summed E-state index contributed by atoms with van der Waals surface area (Å²) in [5.41, 5.74) is 0. The fourth-order valence-corrected chi connectivity index (χ4v) is 3.10. The summed E-state index contributed by atoms with van der Waals surface area (Å²) in [5, 5.41) is 7.05. The van der Waals surface area contributed by atoms with Gasteiger partial charge in [-0.1, -0.05) is 20.3 Å². The third-order valence-electron chi connectivity index (χ3n) is 4.40. The van der Waals surface area contributed by atoms with Crippen molar-refractivity contribution in [1.29, 1.82) is 0 Å². The molecule has 3 atom stereocenters. The highest BCUT2D eigenvalue weighted by Gasteiger charge is 2.37. The lowest BCUT2D eigenvalue weighted by Gasteiger charge is -2.19. The lowest BCUT2D eigenvalue weighted by atomic mass is 10.2. The fourth-order valence-electron chi connectivity index (χ4n) is 3.10. The summed E-state index contributed by atoms with van der Waals surface area (Å²) in [6, 6.07) is 0.930. The van der Waals surface area contributed by atoms with Gasteiger partial charge in [0.25, 0.3) is 0 Å². The van der Waals surface area contributed by atoms with E-state index in [0.29, 0.717) is 18.5 Å². The van der Waals surface area contributed by atoms with Crippen LogP contribution >= 0.6 is 0 Å². The molecular weight excluding hydrogens is 264 g/mol. The van der Waals surface area contributed by atoms with Crippen molar-refractivity contribution in [1.82, 2.24) is 15.5 Å². The summed E-state index contributed by atoms with van der Waals surface area (Å²) in [4.78, 5) is 18.2. The van der Waals surface area contributed by atoms with Crippen LogP contribution in [-0.2, 0) is 4.79 Å². The first kappa shape index (κ1) is 16.1. The van der Waals surface area contributed by atoms with E-state index in [-0.39, 0.29) is 5.91 Å². The number of rotatable bonds is 6. The van der Waals surface area contributed by atoms with Crippen molar-refractivity contribution < 1.29 is 4.79 Å². The van der Waals surface area contributed by atoms with Crippen LogP contribution in [0, 0.1) is 5.92 Å². The molecule has 1 heterocycles. The van der Waals surface area contributed by atoms with E-state index in [4.69, 9.17) is 0 Å². The molecule has 1 saturated carbocycles. The average molecular weight is 294 g/mol. The van der Waals surface area contributed by atoms with Crippen LogP contribution in [0.2, 0.25) is 0 Å². The van der Waals surface area contributed by atoms with Crippen LogP contribution in [0.3, 0.4) is 0 Å². The summed E-state index contributed by atoms with van der Waals surface area (Å²) in [7, 11) is 0. The van der Waals surface area contributed by atoms with Crippen LogP contribution in [0.15, 0.2) is 4.99 Å². The maximum Gasteiger partial charge on any atom is 0.222 e. The molecule has 0 aromatic heterocycles. The number of hydrogen-bond acceptors (Lipinski definition) is 2. The summed E-state index contributed by atoms with van der Waals surface area (Å²) in [5.74, 6) is 2.00. The third kappa shape index (κ3) is 4.61. The molecule has 2 aliphatic rings. The molecule has 1 aliphatic carbocycles. The summed E-state index contributed by atoms with van der Waals surface area (Å²) >= 11 is 0. The molecule has 21 heavy (non-hydrogen) atoms. The molecule has 0 aromatic carbocycles. The molecule has 2 N–H and O–H groups in total. The minimum atomic E-state index is 0.256. The Morgan fingerprint density at radius 1 is 1.29 bits per heavy atom. The Morgan fingerprint density at radius 3 is 2.76 bits per heavy atom. The first-order chi connectivity index (χ1) is 10.2. The minimum absolute atomic E-state index is 0.256. The second-order valence-corrected chi connectivity index (χ2v) is 6.18. The van der Waals surface area contributed by atoms with Crippen LogP contribution < -0.4 is 10.6 Å². The Kier molecular flexibility index (Phi) is 5.88. The Labute approximate surface area is 128 Å². The van der Waals surface area contributed by atoms with E-state index in [0.717, 1.165) is 37.9 Å². The maximum atomic E-state index is 11.7. The van der Waals surface area contributed by atoms with E-state index in [1.54, 1.807) is 0 Å². The Balaban J connectivity index is 1.79. The van der Waals surface area contributed by atoms with E-state index < -0.39 is 0 Å². The molecule has 2 fully saturated rings. The van der Waals surface area contributed by atoms with Crippen molar-refractivity contribution in [2.45, 2.75) is 65.0 Å². The number of carbonyl (C=O) groups is 1. The summed E-state index contributed by atoms with van der Waals surface area (Å²) < 4.78 is 0. The maximum absolute atomic E-state index is 11.7. The molecular formula is C16H30N4O. The van der Waals surface area contributed by atoms with Gasteiger partial charge in [-0.2, -0.15) is 0 Å². The van der Waals surface area contributed by atoms with Crippen molar-refractivity contribution in [3.8, 4) is 0 Å². The van der Waals surface area contributed by atoms with Gasteiger partial charge in [0.05, 0.1) is 0 Å². The highest BCUT2D eigenvalue weighted by Crippen LogP contribution is 2.34. The van der Waals surface area contributed by atoms with Crippen LogP contribution in [-0.4, -0.2) is 48.5 Å². The Morgan fingerprint density at radius 2 is 2.10 bits per heavy atom. The van der Waals surface area contributed by atoms with E-state index in [2.05, 4.69) is 29.5 Å². The predicted molar refractivity (Wildman–Crippen MR) is 86.3 cm³/mol. The Hall–Kier alpha value is -1.26.